The molecule has 70 valence electrons. The molecule has 0 aliphatic rings. The van der Waals surface area contributed by atoms with E-state index in [4.69, 9.17) is 16.7 Å². The Bertz CT molecular complexity index is 337. The Kier molecular flexibility index (Phi) is 3.25. The van der Waals surface area contributed by atoms with E-state index in [0.717, 1.165) is 6.07 Å². The van der Waals surface area contributed by atoms with E-state index in [0.29, 0.717) is 0 Å². The average molecular weight is 205 g/mol. The molecule has 0 aliphatic carbocycles. The number of halogens is 3. The summed E-state index contributed by atoms with van der Waals surface area (Å²) >= 11 is 5.32. The Morgan fingerprint density at radius 1 is 1.31 bits per heavy atom. The van der Waals surface area contributed by atoms with Crippen LogP contribution in [-0.2, 0) is 0 Å². The number of allylic oxidation sites excluding steroid dienone is 1. The van der Waals surface area contributed by atoms with E-state index in [-0.39, 0.29) is 11.4 Å². The highest BCUT2D eigenvalue weighted by atomic mass is 35.5. The van der Waals surface area contributed by atoms with Crippen LogP contribution in [0.1, 0.15) is 5.56 Å². The minimum atomic E-state index is -1.24. The van der Waals surface area contributed by atoms with Crippen molar-refractivity contribution in [2.24, 2.45) is 0 Å². The predicted molar refractivity (Wildman–Crippen MR) is 47.8 cm³/mol. The summed E-state index contributed by atoms with van der Waals surface area (Å²) in [4.78, 5) is 0. The molecule has 1 rings (SSSR count). The van der Waals surface area contributed by atoms with Gasteiger partial charge in [-0.2, -0.15) is 4.39 Å². The van der Waals surface area contributed by atoms with Crippen molar-refractivity contribution in [2.75, 3.05) is 5.88 Å². The quantitative estimate of drug-likeness (QED) is 0.735. The fraction of sp³-hybridized carbons (Fsp3) is 0.111. The summed E-state index contributed by atoms with van der Waals surface area (Å²) in [5.41, 5.74) is 0.0657. The fourth-order valence-electron chi connectivity index (χ4n) is 0.854. The zero-order valence-electron chi connectivity index (χ0n) is 6.60. The lowest BCUT2D eigenvalue weighted by Gasteiger charge is -1.99. The molecular formula is C9H7ClF2O. The van der Waals surface area contributed by atoms with E-state index in [9.17, 15) is 8.78 Å². The molecular weight excluding hydrogens is 198 g/mol. The highest BCUT2D eigenvalue weighted by Crippen LogP contribution is 2.21. The van der Waals surface area contributed by atoms with Gasteiger partial charge in [0.05, 0.1) is 0 Å². The van der Waals surface area contributed by atoms with Crippen molar-refractivity contribution in [3.63, 3.8) is 0 Å². The van der Waals surface area contributed by atoms with Gasteiger partial charge in [-0.05, 0) is 12.1 Å². The number of phenols is 1. The van der Waals surface area contributed by atoms with Crippen LogP contribution in [-0.4, -0.2) is 11.0 Å². The third kappa shape index (κ3) is 2.18. The van der Waals surface area contributed by atoms with Gasteiger partial charge in [-0.1, -0.05) is 12.2 Å². The van der Waals surface area contributed by atoms with E-state index in [1.165, 1.54) is 18.2 Å². The maximum absolute atomic E-state index is 13.0. The van der Waals surface area contributed by atoms with Crippen LogP contribution in [0.15, 0.2) is 18.2 Å². The highest BCUT2D eigenvalue weighted by molar-refractivity contribution is 6.19. The first-order valence-electron chi connectivity index (χ1n) is 3.56. The van der Waals surface area contributed by atoms with E-state index in [1.807, 2.05) is 0 Å². The van der Waals surface area contributed by atoms with Gasteiger partial charge in [-0.15, -0.1) is 11.6 Å². The zero-order chi connectivity index (χ0) is 9.84. The average Bonchev–Trinajstić information content (AvgIpc) is 2.13. The van der Waals surface area contributed by atoms with E-state index in [1.54, 1.807) is 0 Å². The highest BCUT2D eigenvalue weighted by Gasteiger charge is 2.09. The first kappa shape index (κ1) is 9.99. The second-order valence-electron chi connectivity index (χ2n) is 2.36. The summed E-state index contributed by atoms with van der Waals surface area (Å²) in [6.07, 6.45) is 2.83. The summed E-state index contributed by atoms with van der Waals surface area (Å²) < 4.78 is 25.7. The van der Waals surface area contributed by atoms with Crippen molar-refractivity contribution < 1.29 is 13.9 Å². The third-order valence-electron chi connectivity index (χ3n) is 1.48. The Labute approximate surface area is 79.3 Å². The molecule has 1 aromatic carbocycles. The van der Waals surface area contributed by atoms with Gasteiger partial charge in [-0.25, -0.2) is 4.39 Å². The van der Waals surface area contributed by atoms with Crippen molar-refractivity contribution in [3.8, 4) is 5.75 Å². The largest absolute Gasteiger partial charge is 0.505 e. The Balaban J connectivity index is 3.11. The molecule has 0 spiro atoms. The number of aromatic hydroxyl groups is 1. The molecule has 1 nitrogen and oxygen atoms in total. The van der Waals surface area contributed by atoms with Crippen LogP contribution in [0, 0.1) is 11.6 Å². The molecule has 0 heterocycles. The van der Waals surface area contributed by atoms with Crippen molar-refractivity contribution in [2.45, 2.75) is 0 Å². The molecule has 0 saturated carbocycles. The third-order valence-corrected chi connectivity index (χ3v) is 1.66. The maximum atomic E-state index is 13.0. The van der Waals surface area contributed by atoms with Gasteiger partial charge < -0.3 is 5.11 Å². The number of benzene rings is 1. The molecule has 0 bridgehead atoms. The van der Waals surface area contributed by atoms with Crippen molar-refractivity contribution in [1.82, 2.24) is 0 Å². The van der Waals surface area contributed by atoms with Crippen LogP contribution in [0.5, 0.6) is 5.75 Å². The van der Waals surface area contributed by atoms with E-state index < -0.39 is 17.4 Å². The van der Waals surface area contributed by atoms with Gasteiger partial charge in [0.25, 0.3) is 0 Å². The van der Waals surface area contributed by atoms with Crippen LogP contribution in [0.4, 0.5) is 8.78 Å². The number of rotatable bonds is 2. The summed E-state index contributed by atoms with van der Waals surface area (Å²) in [5.74, 6) is -2.78. The van der Waals surface area contributed by atoms with Crippen LogP contribution < -0.4 is 0 Å². The molecule has 0 aliphatic heterocycles. The first-order valence-corrected chi connectivity index (χ1v) is 4.09. The van der Waals surface area contributed by atoms with Crippen LogP contribution in [0.25, 0.3) is 6.08 Å². The van der Waals surface area contributed by atoms with Crippen molar-refractivity contribution in [3.05, 3.63) is 35.4 Å². The van der Waals surface area contributed by atoms with Gasteiger partial charge in [0.2, 0.25) is 5.82 Å². The number of hydrogen-bond acceptors (Lipinski definition) is 1. The summed E-state index contributed by atoms with van der Waals surface area (Å²) in [5, 5.41) is 8.78. The van der Waals surface area contributed by atoms with E-state index >= 15 is 0 Å². The molecule has 1 aromatic rings. The van der Waals surface area contributed by atoms with Gasteiger partial charge in [0.1, 0.15) is 0 Å². The molecule has 0 amide bonds. The molecule has 4 heteroatoms. The topological polar surface area (TPSA) is 20.2 Å². The number of alkyl halides is 1. The molecule has 0 aromatic heterocycles. The monoisotopic (exact) mass is 204 g/mol. The predicted octanol–water partition coefficient (Wildman–Crippen LogP) is 2.92. The Morgan fingerprint density at radius 3 is 2.62 bits per heavy atom. The minimum absolute atomic E-state index is 0.0657. The van der Waals surface area contributed by atoms with E-state index in [2.05, 4.69) is 0 Å². The first-order chi connectivity index (χ1) is 6.16. The number of hydrogen-bond donors (Lipinski definition) is 1. The smallest absolute Gasteiger partial charge is 0.200 e. The van der Waals surface area contributed by atoms with Gasteiger partial charge in [0, 0.05) is 11.4 Å². The Morgan fingerprint density at radius 2 is 2.00 bits per heavy atom. The SMILES string of the molecule is Oc1ccc(C=CCCl)c(F)c1F. The molecule has 0 radical (unpaired) electrons. The van der Waals surface area contributed by atoms with Gasteiger partial charge in [0.15, 0.2) is 11.6 Å². The fourth-order valence-corrected chi connectivity index (χ4v) is 0.944. The molecule has 0 unspecified atom stereocenters. The second-order valence-corrected chi connectivity index (χ2v) is 2.67. The van der Waals surface area contributed by atoms with Gasteiger partial charge >= 0.3 is 0 Å². The molecule has 0 saturated heterocycles. The minimum Gasteiger partial charge on any atom is -0.505 e. The Hall–Kier alpha value is -1.09. The lowest BCUT2D eigenvalue weighted by atomic mass is 10.2. The zero-order valence-corrected chi connectivity index (χ0v) is 7.35. The standard InChI is InChI=1S/C9H7ClF2O/c10-5-1-2-6-3-4-7(13)9(12)8(6)11/h1-4,13H,5H2. The van der Waals surface area contributed by atoms with Gasteiger partial charge in [-0.3, -0.25) is 0 Å². The summed E-state index contributed by atoms with van der Waals surface area (Å²) in [7, 11) is 0. The molecule has 13 heavy (non-hydrogen) atoms. The van der Waals surface area contributed by atoms with Crippen LogP contribution >= 0.6 is 11.6 Å². The van der Waals surface area contributed by atoms with Crippen molar-refractivity contribution in [1.29, 1.82) is 0 Å². The maximum Gasteiger partial charge on any atom is 0.200 e. The lowest BCUT2D eigenvalue weighted by Crippen LogP contribution is -1.88. The van der Waals surface area contributed by atoms with Crippen LogP contribution in [0.2, 0.25) is 0 Å². The van der Waals surface area contributed by atoms with Crippen LogP contribution in [0.3, 0.4) is 0 Å². The molecule has 0 fully saturated rings. The molecule has 0 atom stereocenters. The lowest BCUT2D eigenvalue weighted by molar-refractivity contribution is 0.406. The molecule has 1 N–H and O–H groups in total. The number of phenolic OH excluding ortho intramolecular Hbond substituents is 1. The van der Waals surface area contributed by atoms with Crippen molar-refractivity contribution >= 4 is 17.7 Å². The summed E-state index contributed by atoms with van der Waals surface area (Å²) in [6.45, 7) is 0. The summed E-state index contributed by atoms with van der Waals surface area (Å²) in [6, 6.07) is 2.36. The second kappa shape index (κ2) is 4.23. The normalized spacial score (nSPS) is 11.0.